The third-order valence-corrected chi connectivity index (χ3v) is 4.73. The number of benzene rings is 1. The molecule has 2 rings (SSSR count). The van der Waals surface area contributed by atoms with E-state index in [4.69, 9.17) is 0 Å². The summed E-state index contributed by atoms with van der Waals surface area (Å²) in [5.41, 5.74) is 2.37. The van der Waals surface area contributed by atoms with E-state index in [0.717, 1.165) is 0 Å². The highest BCUT2D eigenvalue weighted by Gasteiger charge is 2.41. The maximum absolute atomic E-state index is 12.7. The van der Waals surface area contributed by atoms with Gasteiger partial charge < -0.3 is 10.2 Å². The molecule has 2 atom stereocenters. The van der Waals surface area contributed by atoms with Crippen LogP contribution in [0.1, 0.15) is 44.7 Å². The first-order valence-corrected chi connectivity index (χ1v) is 8.93. The molecule has 0 aromatic heterocycles. The molecule has 1 aliphatic heterocycles. The lowest BCUT2D eigenvalue weighted by Gasteiger charge is -2.20. The van der Waals surface area contributed by atoms with Crippen molar-refractivity contribution in [3.63, 3.8) is 0 Å². The maximum atomic E-state index is 12.7. The monoisotopic (exact) mass is 330 g/mol. The van der Waals surface area contributed by atoms with Gasteiger partial charge in [-0.05, 0) is 24.0 Å². The van der Waals surface area contributed by atoms with E-state index in [1.807, 2.05) is 30.9 Å². The number of likely N-dealkylation sites (tertiary alicyclic amines) is 1. The van der Waals surface area contributed by atoms with Crippen molar-refractivity contribution in [2.45, 2.75) is 40.5 Å². The zero-order chi connectivity index (χ0) is 17.9. The molecule has 1 aromatic carbocycles. The van der Waals surface area contributed by atoms with Gasteiger partial charge in [0.2, 0.25) is 11.8 Å². The van der Waals surface area contributed by atoms with Crippen LogP contribution >= 0.6 is 0 Å². The van der Waals surface area contributed by atoms with Gasteiger partial charge in [-0.3, -0.25) is 9.59 Å². The molecule has 1 aromatic rings. The predicted molar refractivity (Wildman–Crippen MR) is 96.7 cm³/mol. The second-order valence-electron chi connectivity index (χ2n) is 7.61. The van der Waals surface area contributed by atoms with E-state index in [-0.39, 0.29) is 29.6 Å². The van der Waals surface area contributed by atoms with Crippen LogP contribution in [-0.2, 0) is 9.59 Å². The number of carbonyl (C=O) groups is 2. The summed E-state index contributed by atoms with van der Waals surface area (Å²) < 4.78 is 0. The average Bonchev–Trinajstić information content (AvgIpc) is 2.97. The molecule has 1 N–H and O–H groups in total. The van der Waals surface area contributed by atoms with Crippen molar-refractivity contribution < 1.29 is 9.59 Å². The molecule has 0 aliphatic carbocycles. The summed E-state index contributed by atoms with van der Waals surface area (Å²) in [6.45, 7) is 11.9. The van der Waals surface area contributed by atoms with Gasteiger partial charge in [0.1, 0.15) is 0 Å². The molecule has 1 heterocycles. The van der Waals surface area contributed by atoms with E-state index in [2.05, 4.69) is 38.2 Å². The van der Waals surface area contributed by atoms with Crippen molar-refractivity contribution in [2.75, 3.05) is 19.6 Å². The molecule has 132 valence electrons. The van der Waals surface area contributed by atoms with E-state index in [1.54, 1.807) is 0 Å². The van der Waals surface area contributed by atoms with Crippen molar-refractivity contribution in [1.29, 1.82) is 0 Å². The van der Waals surface area contributed by atoms with Gasteiger partial charge in [0, 0.05) is 31.5 Å². The standard InChI is InChI=1S/C20H30N2O2/c1-13(2)10-21-19(23)18-12-22(20(24)14(3)4)11-17(18)16-9-7-6-8-15(16)5/h6-9,13-14,17-18H,10-12H2,1-5H3,(H,21,23). The Balaban J connectivity index is 2.24. The van der Waals surface area contributed by atoms with E-state index >= 15 is 0 Å². The molecule has 4 heteroatoms. The first-order chi connectivity index (χ1) is 11.3. The molecule has 0 bridgehead atoms. The molecule has 0 saturated carbocycles. The minimum absolute atomic E-state index is 0.0417. The smallest absolute Gasteiger partial charge is 0.225 e. The van der Waals surface area contributed by atoms with Crippen LogP contribution in [-0.4, -0.2) is 36.3 Å². The van der Waals surface area contributed by atoms with Crippen LogP contribution in [0.4, 0.5) is 0 Å². The molecule has 0 spiro atoms. The molecule has 1 fully saturated rings. The average molecular weight is 330 g/mol. The summed E-state index contributed by atoms with van der Waals surface area (Å²) in [4.78, 5) is 27.0. The Labute approximate surface area is 145 Å². The number of carbonyl (C=O) groups excluding carboxylic acids is 2. The molecule has 0 radical (unpaired) electrons. The topological polar surface area (TPSA) is 49.4 Å². The highest BCUT2D eigenvalue weighted by Crippen LogP contribution is 2.35. The third-order valence-electron chi connectivity index (χ3n) is 4.73. The van der Waals surface area contributed by atoms with Gasteiger partial charge in [-0.2, -0.15) is 0 Å². The molecular formula is C20H30N2O2. The van der Waals surface area contributed by atoms with Gasteiger partial charge >= 0.3 is 0 Å². The molecule has 1 aliphatic rings. The number of hydrogen-bond acceptors (Lipinski definition) is 2. The number of rotatable bonds is 5. The number of aryl methyl sites for hydroxylation is 1. The zero-order valence-corrected chi connectivity index (χ0v) is 15.5. The highest BCUT2D eigenvalue weighted by atomic mass is 16.2. The molecule has 2 amide bonds. The SMILES string of the molecule is Cc1ccccc1C1CN(C(=O)C(C)C)CC1C(=O)NCC(C)C. The molecule has 4 nitrogen and oxygen atoms in total. The van der Waals surface area contributed by atoms with Crippen LogP contribution in [0.25, 0.3) is 0 Å². The normalized spacial score (nSPS) is 20.7. The Morgan fingerprint density at radius 3 is 2.42 bits per heavy atom. The summed E-state index contributed by atoms with van der Waals surface area (Å²) in [6.07, 6.45) is 0. The highest BCUT2D eigenvalue weighted by molar-refractivity contribution is 5.84. The minimum Gasteiger partial charge on any atom is -0.356 e. The van der Waals surface area contributed by atoms with Gasteiger partial charge in [0.15, 0.2) is 0 Å². The van der Waals surface area contributed by atoms with Crippen LogP contribution in [0.3, 0.4) is 0 Å². The second kappa shape index (κ2) is 7.82. The number of hydrogen-bond donors (Lipinski definition) is 1. The fourth-order valence-electron chi connectivity index (χ4n) is 3.37. The minimum atomic E-state index is -0.174. The van der Waals surface area contributed by atoms with Crippen molar-refractivity contribution >= 4 is 11.8 Å². The van der Waals surface area contributed by atoms with Crippen molar-refractivity contribution in [3.05, 3.63) is 35.4 Å². The lowest BCUT2D eigenvalue weighted by atomic mass is 9.86. The van der Waals surface area contributed by atoms with Crippen molar-refractivity contribution in [3.8, 4) is 0 Å². The molecule has 2 unspecified atom stereocenters. The van der Waals surface area contributed by atoms with Gasteiger partial charge in [-0.1, -0.05) is 52.0 Å². The van der Waals surface area contributed by atoms with E-state index in [9.17, 15) is 9.59 Å². The number of nitrogens with one attached hydrogen (secondary N) is 1. The van der Waals surface area contributed by atoms with Crippen molar-refractivity contribution in [2.24, 2.45) is 17.8 Å². The van der Waals surface area contributed by atoms with Crippen LogP contribution in [0.2, 0.25) is 0 Å². The summed E-state index contributed by atoms with van der Waals surface area (Å²) in [5, 5.41) is 3.06. The van der Waals surface area contributed by atoms with E-state index < -0.39 is 0 Å². The second-order valence-corrected chi connectivity index (χ2v) is 7.61. The Bertz CT molecular complexity index is 595. The Kier molecular flexibility index (Phi) is 6.03. The van der Waals surface area contributed by atoms with Crippen LogP contribution < -0.4 is 5.32 Å². The lowest BCUT2D eigenvalue weighted by Crippen LogP contribution is -2.37. The first-order valence-electron chi connectivity index (χ1n) is 8.93. The van der Waals surface area contributed by atoms with E-state index in [1.165, 1.54) is 11.1 Å². The third kappa shape index (κ3) is 4.16. The fourth-order valence-corrected chi connectivity index (χ4v) is 3.37. The number of amides is 2. The summed E-state index contributed by atoms with van der Waals surface area (Å²) >= 11 is 0. The van der Waals surface area contributed by atoms with Crippen LogP contribution in [0, 0.1) is 24.7 Å². The Morgan fingerprint density at radius 2 is 1.83 bits per heavy atom. The maximum Gasteiger partial charge on any atom is 0.225 e. The van der Waals surface area contributed by atoms with Crippen LogP contribution in [0.15, 0.2) is 24.3 Å². The Hall–Kier alpha value is -1.84. The van der Waals surface area contributed by atoms with E-state index in [0.29, 0.717) is 25.6 Å². The van der Waals surface area contributed by atoms with Gasteiger partial charge in [0.05, 0.1) is 5.92 Å². The number of nitrogens with zero attached hydrogens (tertiary/aromatic N) is 1. The molecule has 1 saturated heterocycles. The molecule has 24 heavy (non-hydrogen) atoms. The van der Waals surface area contributed by atoms with Crippen LogP contribution in [0.5, 0.6) is 0 Å². The van der Waals surface area contributed by atoms with Crippen molar-refractivity contribution in [1.82, 2.24) is 10.2 Å². The summed E-state index contributed by atoms with van der Waals surface area (Å²) in [7, 11) is 0. The zero-order valence-electron chi connectivity index (χ0n) is 15.5. The Morgan fingerprint density at radius 1 is 1.17 bits per heavy atom. The predicted octanol–water partition coefficient (Wildman–Crippen LogP) is 2.97. The van der Waals surface area contributed by atoms with Gasteiger partial charge in [-0.15, -0.1) is 0 Å². The summed E-state index contributed by atoms with van der Waals surface area (Å²) in [5.74, 6) is 0.470. The lowest BCUT2D eigenvalue weighted by molar-refractivity contribution is -0.133. The fraction of sp³-hybridized carbons (Fsp3) is 0.600. The molecular weight excluding hydrogens is 300 g/mol. The summed E-state index contributed by atoms with van der Waals surface area (Å²) in [6, 6.07) is 8.19. The quantitative estimate of drug-likeness (QED) is 0.902. The van der Waals surface area contributed by atoms with Gasteiger partial charge in [0.25, 0.3) is 0 Å². The largest absolute Gasteiger partial charge is 0.356 e. The van der Waals surface area contributed by atoms with Gasteiger partial charge in [-0.25, -0.2) is 0 Å². The first kappa shape index (κ1) is 18.5.